The van der Waals surface area contributed by atoms with Gasteiger partial charge >= 0.3 is 5.97 Å². The molecule has 5 aromatic rings. The van der Waals surface area contributed by atoms with E-state index >= 15 is 0 Å². The molecule has 0 atom stereocenters. The number of carbonyl (C=O) groups excluding carboxylic acids is 1. The normalized spacial score (nSPS) is 11.2. The molecule has 264 valence electrons. The second-order valence-corrected chi connectivity index (χ2v) is 19.4. The van der Waals surface area contributed by atoms with Gasteiger partial charge in [-0.25, -0.2) is 0 Å². The van der Waals surface area contributed by atoms with Crippen molar-refractivity contribution in [2.75, 3.05) is 6.16 Å². The molecule has 0 saturated heterocycles. The number of esters is 1. The first-order chi connectivity index (χ1) is 24.1. The van der Waals surface area contributed by atoms with Crippen LogP contribution in [0.15, 0.2) is 121 Å². The van der Waals surface area contributed by atoms with E-state index in [0.29, 0.717) is 12.2 Å². The Morgan fingerprint density at radius 2 is 0.960 bits per heavy atom. The van der Waals surface area contributed by atoms with E-state index in [0.717, 1.165) is 27.1 Å². The fourth-order valence-corrected chi connectivity index (χ4v) is 13.5. The van der Waals surface area contributed by atoms with Crippen LogP contribution in [0.5, 0.6) is 5.75 Å². The highest BCUT2D eigenvalue weighted by Gasteiger charge is 2.44. The van der Waals surface area contributed by atoms with Crippen molar-refractivity contribution in [3.63, 3.8) is 0 Å². The molecule has 1 heterocycles. The molecule has 0 amide bonds. The van der Waals surface area contributed by atoms with E-state index in [-0.39, 0.29) is 23.0 Å². The van der Waals surface area contributed by atoms with E-state index in [2.05, 4.69) is 91.0 Å². The van der Waals surface area contributed by atoms with Gasteiger partial charge in [0.15, 0.2) is 0 Å². The van der Waals surface area contributed by atoms with Gasteiger partial charge in [0.1, 0.15) is 32.7 Å². The minimum atomic E-state index is -1.69. The number of ether oxygens (including phenoxy) is 1. The lowest BCUT2D eigenvalue weighted by molar-refractivity contribution is -0.134. The molecule has 7 heteroatoms. The first-order valence-corrected chi connectivity index (χ1v) is 22.6. The van der Waals surface area contributed by atoms with Gasteiger partial charge in [0.25, 0.3) is 0 Å². The number of unbranched alkanes of at least 4 members (excludes halogenated alkanes) is 12. The topological polar surface area (TPSA) is 26.3 Å². The molecule has 0 spiro atoms. The van der Waals surface area contributed by atoms with E-state index in [4.69, 9.17) is 17.0 Å². The SMILES string of the molecule is O=C(CCCCCCCCCCCCCCC[P+](c1ccccc1)(c1ccccc1)c1ccccc1)Oc1ccc(-c2cc(=S)ss2)cc1.[Br-]. The average Bonchev–Trinajstić information content (AvgIpc) is 3.59. The van der Waals surface area contributed by atoms with Crippen LogP contribution in [0.1, 0.15) is 89.9 Å². The Balaban J connectivity index is 0.00000562. The molecule has 0 bridgehead atoms. The summed E-state index contributed by atoms with van der Waals surface area (Å²) in [7, 11) is 1.59. The van der Waals surface area contributed by atoms with Crippen LogP contribution >= 0.6 is 40.2 Å². The number of carbonyl (C=O) groups is 1. The van der Waals surface area contributed by atoms with Gasteiger partial charge in [-0.15, -0.1) is 0 Å². The van der Waals surface area contributed by atoms with E-state index in [1.807, 2.05) is 30.3 Å². The molecule has 0 radical (unpaired) electrons. The summed E-state index contributed by atoms with van der Waals surface area (Å²) in [6.07, 6.45) is 18.1. The quantitative estimate of drug-likeness (QED) is 0.0185. The second kappa shape index (κ2) is 22.5. The maximum atomic E-state index is 12.3. The number of halogens is 1. The van der Waals surface area contributed by atoms with Crippen molar-refractivity contribution in [3.8, 4) is 16.2 Å². The van der Waals surface area contributed by atoms with Crippen LogP contribution in [0.3, 0.4) is 0 Å². The van der Waals surface area contributed by atoms with E-state index in [9.17, 15) is 4.79 Å². The summed E-state index contributed by atoms with van der Waals surface area (Å²) < 4.78 is 6.44. The fourth-order valence-electron chi connectivity index (χ4n) is 6.69. The molecule has 2 nitrogen and oxygen atoms in total. The molecular formula is C43H50BrO2PS3. The van der Waals surface area contributed by atoms with Gasteiger partial charge in [0.05, 0.1) is 6.16 Å². The van der Waals surface area contributed by atoms with Crippen molar-refractivity contribution in [2.24, 2.45) is 0 Å². The highest BCUT2D eigenvalue weighted by molar-refractivity contribution is 7.95. The van der Waals surface area contributed by atoms with Gasteiger partial charge in [0.2, 0.25) is 0 Å². The zero-order chi connectivity index (χ0) is 34.0. The number of rotatable bonds is 21. The first kappa shape index (κ1) is 40.3. The molecule has 5 rings (SSSR count). The smallest absolute Gasteiger partial charge is 0.311 e. The Kier molecular flexibility index (Phi) is 18.1. The first-order valence-electron chi connectivity index (χ1n) is 18.1. The lowest BCUT2D eigenvalue weighted by Crippen LogP contribution is -3.00. The third-order valence-corrected chi connectivity index (χ3v) is 16.7. The molecule has 50 heavy (non-hydrogen) atoms. The summed E-state index contributed by atoms with van der Waals surface area (Å²) >= 11 is 5.23. The highest BCUT2D eigenvalue weighted by Crippen LogP contribution is 2.56. The molecule has 4 aromatic carbocycles. The number of hydrogen-bond donors (Lipinski definition) is 0. The summed E-state index contributed by atoms with van der Waals surface area (Å²) in [4.78, 5) is 13.4. The molecule has 0 unspecified atom stereocenters. The molecule has 1 aromatic heterocycles. The predicted molar refractivity (Wildman–Crippen MR) is 219 cm³/mol. The van der Waals surface area contributed by atoms with Crippen molar-refractivity contribution in [3.05, 3.63) is 125 Å². The zero-order valence-corrected chi connectivity index (χ0v) is 33.9. The van der Waals surface area contributed by atoms with Crippen LogP contribution in [0.4, 0.5) is 0 Å². The number of benzene rings is 4. The average molecular weight is 806 g/mol. The second-order valence-electron chi connectivity index (χ2n) is 12.9. The Morgan fingerprint density at radius 3 is 1.38 bits per heavy atom. The van der Waals surface area contributed by atoms with Crippen LogP contribution in [-0.2, 0) is 4.79 Å². The van der Waals surface area contributed by atoms with Gasteiger partial charge in [0, 0.05) is 11.3 Å². The summed E-state index contributed by atoms with van der Waals surface area (Å²) in [5.74, 6) is 0.480. The maximum Gasteiger partial charge on any atom is 0.311 e. The van der Waals surface area contributed by atoms with Gasteiger partial charge in [-0.1, -0.05) is 152 Å². The highest BCUT2D eigenvalue weighted by atomic mass is 79.9. The van der Waals surface area contributed by atoms with E-state index in [1.54, 1.807) is 20.7 Å². The van der Waals surface area contributed by atoms with Crippen LogP contribution in [-0.4, -0.2) is 12.1 Å². The van der Waals surface area contributed by atoms with Crippen molar-refractivity contribution in [1.29, 1.82) is 0 Å². The Morgan fingerprint density at radius 1 is 0.540 bits per heavy atom. The molecular weight excluding hydrogens is 756 g/mol. The molecule has 0 fully saturated rings. The molecule has 0 aliphatic rings. The lowest BCUT2D eigenvalue weighted by atomic mass is 10.0. The summed E-state index contributed by atoms with van der Waals surface area (Å²) in [6.45, 7) is 0. The van der Waals surface area contributed by atoms with Gasteiger partial charge in [-0.2, -0.15) is 0 Å². The Bertz CT molecular complexity index is 1610. The minimum Gasteiger partial charge on any atom is -1.00 e. The Labute approximate surface area is 323 Å². The largest absolute Gasteiger partial charge is 1.00 e. The van der Waals surface area contributed by atoms with Crippen LogP contribution in [0.2, 0.25) is 0 Å². The van der Waals surface area contributed by atoms with Crippen LogP contribution in [0.25, 0.3) is 10.4 Å². The third kappa shape index (κ3) is 12.3. The van der Waals surface area contributed by atoms with Crippen molar-refractivity contribution in [1.82, 2.24) is 0 Å². The predicted octanol–water partition coefficient (Wildman–Crippen LogP) is 9.57. The van der Waals surface area contributed by atoms with Crippen LogP contribution < -0.4 is 37.6 Å². The minimum absolute atomic E-state index is 0. The van der Waals surface area contributed by atoms with Crippen LogP contribution in [0, 0.1) is 3.82 Å². The Hall–Kier alpha value is -2.47. The monoisotopic (exact) mass is 804 g/mol. The van der Waals surface area contributed by atoms with Crippen molar-refractivity contribution in [2.45, 2.75) is 89.9 Å². The molecule has 0 N–H and O–H groups in total. The van der Waals surface area contributed by atoms with Gasteiger partial charge < -0.3 is 21.7 Å². The molecule has 0 aliphatic carbocycles. The van der Waals surface area contributed by atoms with Crippen molar-refractivity contribution >= 4 is 62.0 Å². The summed E-state index contributed by atoms with van der Waals surface area (Å²) in [6, 6.07) is 43.6. The number of hydrogen-bond acceptors (Lipinski definition) is 5. The van der Waals surface area contributed by atoms with Gasteiger partial charge in [-0.05, 0) is 91.6 Å². The molecule has 0 aliphatic heterocycles. The fraction of sp³-hybridized carbons (Fsp3) is 0.349. The van der Waals surface area contributed by atoms with Crippen molar-refractivity contribution < 1.29 is 26.5 Å². The van der Waals surface area contributed by atoms with E-state index < -0.39 is 7.26 Å². The third-order valence-electron chi connectivity index (χ3n) is 9.30. The molecule has 0 saturated carbocycles. The van der Waals surface area contributed by atoms with Gasteiger partial charge in [-0.3, -0.25) is 4.79 Å². The summed E-state index contributed by atoms with van der Waals surface area (Å²) in [5.41, 5.74) is 1.11. The zero-order valence-electron chi connectivity index (χ0n) is 29.0. The van der Waals surface area contributed by atoms with E-state index in [1.165, 1.54) is 92.7 Å². The maximum absolute atomic E-state index is 12.3. The lowest BCUT2D eigenvalue weighted by Gasteiger charge is -2.27. The summed E-state index contributed by atoms with van der Waals surface area (Å²) in [5, 5.41) is 4.48. The standard InChI is InChI=1S/C43H50O2PS3.BrH/c44-42(45-37-32-30-36(31-33-37)41-35-43(47)49-48-41)29-21-10-8-6-4-2-1-3-5-7-9-11-22-34-46(38-23-15-12-16-24-38,39-25-17-13-18-26-39)40-27-19-14-20-28-40;/h12-20,23-28,30-33,35H,1-11,21-22,29,34H2;1H/q+1;/p-1.